The zero-order chi connectivity index (χ0) is 14.4. The molecule has 0 spiro atoms. The summed E-state index contributed by atoms with van der Waals surface area (Å²) in [6.07, 6.45) is 4.92. The van der Waals surface area contributed by atoms with Crippen LogP contribution >= 0.6 is 0 Å². The van der Waals surface area contributed by atoms with Crippen molar-refractivity contribution in [1.82, 2.24) is 4.90 Å². The van der Waals surface area contributed by atoms with Gasteiger partial charge in [-0.25, -0.2) is 0 Å². The largest absolute Gasteiger partial charge is 0.369 e. The van der Waals surface area contributed by atoms with Crippen LogP contribution in [0.4, 0.5) is 0 Å². The van der Waals surface area contributed by atoms with Crippen LogP contribution in [0.1, 0.15) is 24.8 Å². The van der Waals surface area contributed by atoms with E-state index >= 15 is 0 Å². The Kier molecular flexibility index (Phi) is 4.93. The van der Waals surface area contributed by atoms with Gasteiger partial charge in [-0.2, -0.15) is 0 Å². The number of aryl methyl sites for hydroxylation is 1. The van der Waals surface area contributed by atoms with Gasteiger partial charge in [-0.1, -0.05) is 36.4 Å². The molecular formula is C16H20N2O2. The number of primary amides is 1. The normalized spacial score (nSPS) is 14.5. The number of unbranched alkanes of at least 4 members (excludes halogenated alkanes) is 1. The highest BCUT2D eigenvalue weighted by molar-refractivity contribution is 6.00. The van der Waals surface area contributed by atoms with E-state index in [9.17, 15) is 9.59 Å². The van der Waals surface area contributed by atoms with E-state index in [0.717, 1.165) is 25.8 Å². The fourth-order valence-electron chi connectivity index (χ4n) is 2.40. The van der Waals surface area contributed by atoms with Crippen LogP contribution in [-0.2, 0) is 16.0 Å². The van der Waals surface area contributed by atoms with Gasteiger partial charge in [0.1, 0.15) is 0 Å². The van der Waals surface area contributed by atoms with E-state index in [0.29, 0.717) is 12.1 Å². The van der Waals surface area contributed by atoms with Crippen molar-refractivity contribution in [2.75, 3.05) is 13.1 Å². The number of carbonyl (C=O) groups is 2. The van der Waals surface area contributed by atoms with E-state index in [4.69, 9.17) is 5.73 Å². The summed E-state index contributed by atoms with van der Waals surface area (Å²) in [4.78, 5) is 24.6. The molecule has 0 radical (unpaired) electrons. The van der Waals surface area contributed by atoms with Gasteiger partial charge in [-0.15, -0.1) is 0 Å². The van der Waals surface area contributed by atoms with Crippen LogP contribution in [-0.4, -0.2) is 29.8 Å². The summed E-state index contributed by atoms with van der Waals surface area (Å²) in [5.74, 6) is -0.487. The summed E-state index contributed by atoms with van der Waals surface area (Å²) in [6, 6.07) is 10.3. The first-order valence-corrected chi connectivity index (χ1v) is 6.97. The maximum Gasteiger partial charge on any atom is 0.250 e. The molecule has 1 heterocycles. The lowest BCUT2D eigenvalue weighted by Crippen LogP contribution is -2.29. The average molecular weight is 272 g/mol. The van der Waals surface area contributed by atoms with Gasteiger partial charge in [-0.3, -0.25) is 9.59 Å². The SMILES string of the molecule is NC(=O)CC1=CCN(CCCCc2ccccc2)C1=O. The predicted octanol–water partition coefficient (Wildman–Crippen LogP) is 1.65. The molecule has 4 heteroatoms. The third-order valence-electron chi connectivity index (χ3n) is 3.47. The lowest BCUT2D eigenvalue weighted by molar-refractivity contribution is -0.127. The Bertz CT molecular complexity index is 508. The van der Waals surface area contributed by atoms with E-state index < -0.39 is 5.91 Å². The molecular weight excluding hydrogens is 252 g/mol. The molecule has 0 aliphatic carbocycles. The molecule has 106 valence electrons. The second-order valence-electron chi connectivity index (χ2n) is 5.07. The summed E-state index contributed by atoms with van der Waals surface area (Å²) in [5, 5.41) is 0. The molecule has 2 rings (SSSR count). The summed E-state index contributed by atoms with van der Waals surface area (Å²) in [5.41, 5.74) is 6.98. The van der Waals surface area contributed by atoms with Crippen molar-refractivity contribution in [2.45, 2.75) is 25.7 Å². The van der Waals surface area contributed by atoms with E-state index in [1.807, 2.05) is 24.3 Å². The summed E-state index contributed by atoms with van der Waals surface area (Å²) in [6.45, 7) is 1.34. The van der Waals surface area contributed by atoms with E-state index in [2.05, 4.69) is 12.1 Å². The van der Waals surface area contributed by atoms with Crippen molar-refractivity contribution >= 4 is 11.8 Å². The third kappa shape index (κ3) is 3.95. The number of carbonyl (C=O) groups excluding carboxylic acids is 2. The Morgan fingerprint density at radius 2 is 1.95 bits per heavy atom. The molecule has 4 nitrogen and oxygen atoms in total. The first-order chi connectivity index (χ1) is 9.66. The molecule has 1 aromatic carbocycles. The maximum absolute atomic E-state index is 12.0. The summed E-state index contributed by atoms with van der Waals surface area (Å²) < 4.78 is 0. The first-order valence-electron chi connectivity index (χ1n) is 6.97. The highest BCUT2D eigenvalue weighted by atomic mass is 16.2. The van der Waals surface area contributed by atoms with E-state index in [1.54, 1.807) is 4.90 Å². The fraction of sp³-hybridized carbons (Fsp3) is 0.375. The summed E-state index contributed by atoms with van der Waals surface area (Å²) in [7, 11) is 0. The van der Waals surface area contributed by atoms with Crippen LogP contribution in [0.25, 0.3) is 0 Å². The molecule has 1 aliphatic rings. The molecule has 0 saturated heterocycles. The Morgan fingerprint density at radius 1 is 1.20 bits per heavy atom. The Labute approximate surface area is 119 Å². The smallest absolute Gasteiger partial charge is 0.250 e. The molecule has 0 fully saturated rings. The van der Waals surface area contributed by atoms with Crippen LogP contribution in [0.3, 0.4) is 0 Å². The average Bonchev–Trinajstić information content (AvgIpc) is 2.77. The van der Waals surface area contributed by atoms with Crippen LogP contribution in [0.5, 0.6) is 0 Å². The quantitative estimate of drug-likeness (QED) is 0.767. The number of hydrogen-bond acceptors (Lipinski definition) is 2. The van der Waals surface area contributed by atoms with E-state index in [-0.39, 0.29) is 12.3 Å². The molecule has 2 N–H and O–H groups in total. The van der Waals surface area contributed by atoms with Crippen molar-refractivity contribution in [3.63, 3.8) is 0 Å². The van der Waals surface area contributed by atoms with Gasteiger partial charge in [0, 0.05) is 18.7 Å². The second kappa shape index (κ2) is 6.89. The number of hydrogen-bond donors (Lipinski definition) is 1. The molecule has 0 saturated carbocycles. The number of nitrogens with two attached hydrogens (primary N) is 1. The number of benzene rings is 1. The maximum atomic E-state index is 12.0. The van der Waals surface area contributed by atoms with Crippen molar-refractivity contribution in [3.05, 3.63) is 47.5 Å². The van der Waals surface area contributed by atoms with Gasteiger partial charge < -0.3 is 10.6 Å². The van der Waals surface area contributed by atoms with Crippen LogP contribution in [0, 0.1) is 0 Å². The highest BCUT2D eigenvalue weighted by Crippen LogP contribution is 2.15. The fourth-order valence-corrected chi connectivity index (χ4v) is 2.40. The minimum atomic E-state index is -0.449. The molecule has 1 aromatic rings. The van der Waals surface area contributed by atoms with Crippen molar-refractivity contribution < 1.29 is 9.59 Å². The molecule has 1 aliphatic heterocycles. The van der Waals surface area contributed by atoms with Gasteiger partial charge in [0.15, 0.2) is 0 Å². The van der Waals surface area contributed by atoms with Crippen molar-refractivity contribution in [1.29, 1.82) is 0 Å². The minimum Gasteiger partial charge on any atom is -0.369 e. The zero-order valence-electron chi connectivity index (χ0n) is 11.5. The topological polar surface area (TPSA) is 63.4 Å². The third-order valence-corrected chi connectivity index (χ3v) is 3.47. The van der Waals surface area contributed by atoms with Gasteiger partial charge >= 0.3 is 0 Å². The Hall–Kier alpha value is -2.10. The Balaban J connectivity index is 1.69. The van der Waals surface area contributed by atoms with E-state index in [1.165, 1.54) is 5.56 Å². The molecule has 20 heavy (non-hydrogen) atoms. The Morgan fingerprint density at radius 3 is 2.65 bits per heavy atom. The lowest BCUT2D eigenvalue weighted by Gasteiger charge is -2.16. The first kappa shape index (κ1) is 14.3. The number of amides is 2. The predicted molar refractivity (Wildman–Crippen MR) is 77.9 cm³/mol. The van der Waals surface area contributed by atoms with Crippen molar-refractivity contribution in [2.24, 2.45) is 5.73 Å². The summed E-state index contributed by atoms with van der Waals surface area (Å²) >= 11 is 0. The standard InChI is InChI=1S/C16H20N2O2/c17-15(19)12-14-9-11-18(16(14)20)10-5-4-8-13-6-2-1-3-7-13/h1-3,6-7,9H,4-5,8,10-12H2,(H2,17,19). The van der Waals surface area contributed by atoms with Crippen LogP contribution in [0.2, 0.25) is 0 Å². The van der Waals surface area contributed by atoms with Crippen LogP contribution < -0.4 is 5.73 Å². The highest BCUT2D eigenvalue weighted by Gasteiger charge is 2.23. The van der Waals surface area contributed by atoms with Gasteiger partial charge in [0.05, 0.1) is 6.42 Å². The molecule has 2 amide bonds. The number of nitrogens with zero attached hydrogens (tertiary/aromatic N) is 1. The molecule has 0 unspecified atom stereocenters. The van der Waals surface area contributed by atoms with Gasteiger partial charge in [0.2, 0.25) is 11.8 Å². The molecule has 0 bridgehead atoms. The second-order valence-corrected chi connectivity index (χ2v) is 5.07. The van der Waals surface area contributed by atoms with Gasteiger partial charge in [0.25, 0.3) is 0 Å². The lowest BCUT2D eigenvalue weighted by atomic mass is 10.1. The number of rotatable bonds is 7. The van der Waals surface area contributed by atoms with Gasteiger partial charge in [-0.05, 0) is 24.8 Å². The van der Waals surface area contributed by atoms with Crippen molar-refractivity contribution in [3.8, 4) is 0 Å². The zero-order valence-corrected chi connectivity index (χ0v) is 11.5. The molecule has 0 atom stereocenters. The minimum absolute atomic E-state index is 0.0384. The molecule has 0 aromatic heterocycles. The van der Waals surface area contributed by atoms with Crippen LogP contribution in [0.15, 0.2) is 42.0 Å². The monoisotopic (exact) mass is 272 g/mol.